The molecule has 5 nitrogen and oxygen atoms in total. The van der Waals surface area contributed by atoms with Crippen LogP contribution in [0, 0.1) is 22.7 Å². The Morgan fingerprint density at radius 1 is 0.512 bits per heavy atom. The van der Waals surface area contributed by atoms with Crippen molar-refractivity contribution in [2.24, 2.45) is 0 Å². The summed E-state index contributed by atoms with van der Waals surface area (Å²) >= 11 is 0. The molecule has 0 unspecified atom stereocenters. The molecule has 0 fully saturated rings. The van der Waals surface area contributed by atoms with Gasteiger partial charge in [0.2, 0.25) is 0 Å². The predicted molar refractivity (Wildman–Crippen MR) is 171 cm³/mol. The lowest BCUT2D eigenvalue weighted by molar-refractivity contribution is 1.28. The highest BCUT2D eigenvalue weighted by Crippen LogP contribution is 2.48. The van der Waals surface area contributed by atoms with Crippen molar-refractivity contribution in [3.05, 3.63) is 139 Å². The number of rotatable bonds is 4. The molecule has 43 heavy (non-hydrogen) atoms. The van der Waals surface area contributed by atoms with Gasteiger partial charge in [0.15, 0.2) is 0 Å². The molecule has 0 bridgehead atoms. The Kier molecular flexibility index (Phi) is 5.50. The molecule has 5 heteroatoms. The Labute approximate surface area is 248 Å². The molecule has 0 radical (unpaired) electrons. The third-order valence-electron chi connectivity index (χ3n) is 8.09. The second-order valence-corrected chi connectivity index (χ2v) is 10.4. The molecule has 7 aromatic rings. The van der Waals surface area contributed by atoms with Crippen LogP contribution in [0.25, 0.3) is 55.4 Å². The summed E-state index contributed by atoms with van der Waals surface area (Å²) in [6.45, 7) is 0. The lowest BCUT2D eigenvalue weighted by Crippen LogP contribution is -2.09. The van der Waals surface area contributed by atoms with Gasteiger partial charge in [-0.1, -0.05) is 78.9 Å². The van der Waals surface area contributed by atoms with Gasteiger partial charge in [0.25, 0.3) is 0 Å². The molecule has 8 rings (SSSR count). The third-order valence-corrected chi connectivity index (χ3v) is 8.09. The number of hydrogen-bond acceptors (Lipinski definition) is 5. The summed E-state index contributed by atoms with van der Waals surface area (Å²) in [5.41, 5.74) is 10.7. The highest BCUT2D eigenvalue weighted by Gasteiger charge is 2.27. The minimum Gasteiger partial charge on any atom is -0.311 e. The van der Waals surface area contributed by atoms with Crippen LogP contribution in [-0.4, -0.2) is 9.97 Å². The number of nitriles is 2. The summed E-state index contributed by atoms with van der Waals surface area (Å²) in [5.74, 6) is 0. The number of nitrogens with zero attached hydrogens (tertiary/aromatic N) is 5. The predicted octanol–water partition coefficient (Wildman–Crippen LogP) is 9.31. The van der Waals surface area contributed by atoms with E-state index < -0.39 is 0 Å². The third kappa shape index (κ3) is 3.77. The first-order chi connectivity index (χ1) is 21.2. The fraction of sp³-hybridized carbons (Fsp3) is 0. The first kappa shape index (κ1) is 24.5. The summed E-state index contributed by atoms with van der Waals surface area (Å²) < 4.78 is 0. The zero-order valence-corrected chi connectivity index (χ0v) is 22.9. The maximum atomic E-state index is 9.80. The highest BCUT2D eigenvalue weighted by molar-refractivity contribution is 6.18. The van der Waals surface area contributed by atoms with Gasteiger partial charge in [0.05, 0.1) is 28.0 Å². The second-order valence-electron chi connectivity index (χ2n) is 10.4. The largest absolute Gasteiger partial charge is 0.311 e. The molecule has 0 aliphatic heterocycles. The molecule has 198 valence electrons. The summed E-state index contributed by atoms with van der Waals surface area (Å²) in [6, 6.07) is 47.6. The number of aromatic nitrogens is 2. The normalized spacial score (nSPS) is 11.2. The van der Waals surface area contributed by atoms with Crippen LogP contribution in [0.3, 0.4) is 0 Å². The van der Waals surface area contributed by atoms with Gasteiger partial charge >= 0.3 is 0 Å². The average molecular weight is 548 g/mol. The van der Waals surface area contributed by atoms with Crippen LogP contribution in [-0.2, 0) is 0 Å². The zero-order chi connectivity index (χ0) is 28.9. The summed E-state index contributed by atoms with van der Waals surface area (Å²) in [7, 11) is 0. The maximum absolute atomic E-state index is 9.80. The van der Waals surface area contributed by atoms with Gasteiger partial charge in [-0.15, -0.1) is 0 Å². The van der Waals surface area contributed by atoms with Gasteiger partial charge in [0.1, 0.15) is 17.7 Å². The minimum absolute atomic E-state index is 0.263. The quantitative estimate of drug-likeness (QED) is 0.219. The van der Waals surface area contributed by atoms with Crippen molar-refractivity contribution in [1.29, 1.82) is 10.5 Å². The maximum Gasteiger partial charge on any atom is 0.109 e. The van der Waals surface area contributed by atoms with Crippen LogP contribution >= 0.6 is 0 Å². The molecule has 1 aromatic heterocycles. The van der Waals surface area contributed by atoms with Gasteiger partial charge in [-0.25, -0.2) is 9.97 Å². The Balaban J connectivity index is 1.25. The van der Waals surface area contributed by atoms with Crippen molar-refractivity contribution in [2.75, 3.05) is 4.90 Å². The van der Waals surface area contributed by atoms with Crippen molar-refractivity contribution in [1.82, 2.24) is 9.97 Å². The van der Waals surface area contributed by atoms with Crippen molar-refractivity contribution in [3.8, 4) is 45.8 Å². The lowest BCUT2D eigenvalue weighted by atomic mass is 9.94. The van der Waals surface area contributed by atoms with Crippen LogP contribution in [0.2, 0.25) is 0 Å². The van der Waals surface area contributed by atoms with E-state index in [1.807, 2.05) is 18.2 Å². The van der Waals surface area contributed by atoms with E-state index in [0.717, 1.165) is 61.5 Å². The molecule has 0 N–H and O–H groups in total. The van der Waals surface area contributed by atoms with E-state index in [0.29, 0.717) is 16.6 Å². The van der Waals surface area contributed by atoms with Crippen molar-refractivity contribution < 1.29 is 0 Å². The van der Waals surface area contributed by atoms with Crippen molar-refractivity contribution in [2.45, 2.75) is 0 Å². The Morgan fingerprint density at radius 3 is 1.81 bits per heavy atom. The topological polar surface area (TPSA) is 76.6 Å². The molecule has 0 atom stereocenters. The van der Waals surface area contributed by atoms with Crippen LogP contribution in [0.5, 0.6) is 0 Å². The van der Waals surface area contributed by atoms with Crippen molar-refractivity contribution in [3.63, 3.8) is 0 Å². The highest BCUT2D eigenvalue weighted by atomic mass is 15.1. The molecule has 1 aliphatic carbocycles. The first-order valence-corrected chi connectivity index (χ1v) is 14.0. The zero-order valence-electron chi connectivity index (χ0n) is 22.9. The van der Waals surface area contributed by atoms with E-state index in [-0.39, 0.29) is 5.56 Å². The molecule has 0 saturated heterocycles. The average Bonchev–Trinajstić information content (AvgIpc) is 3.38. The Bertz CT molecular complexity index is 2260. The molecule has 0 saturated carbocycles. The SMILES string of the molecule is N#Cc1ccc2nc3c(nc2c1C#N)-c1cccc2c(-c4ccc(N(c5ccccc5)c5ccccc5)cc4)ccc-3c12. The molecular formula is C38H21N5. The van der Waals surface area contributed by atoms with E-state index >= 15 is 0 Å². The number of hydrogen-bond donors (Lipinski definition) is 0. The Morgan fingerprint density at radius 2 is 1.14 bits per heavy atom. The first-order valence-electron chi connectivity index (χ1n) is 14.0. The molecule has 1 heterocycles. The summed E-state index contributed by atoms with van der Waals surface area (Å²) in [5, 5.41) is 21.5. The van der Waals surface area contributed by atoms with Gasteiger partial charge in [-0.2, -0.15) is 10.5 Å². The minimum atomic E-state index is 0.263. The number of anilines is 3. The van der Waals surface area contributed by atoms with E-state index in [1.54, 1.807) is 12.1 Å². The van der Waals surface area contributed by atoms with E-state index in [9.17, 15) is 10.5 Å². The lowest BCUT2D eigenvalue weighted by Gasteiger charge is -2.25. The number of fused-ring (bicyclic) bond motifs is 4. The van der Waals surface area contributed by atoms with Gasteiger partial charge in [-0.3, -0.25) is 0 Å². The standard InChI is InChI=1S/C38H21N5/c39-22-25-16-21-34-36(33(25)23-40)42-38-31-13-7-12-30-29(19-20-32(35(30)31)37(38)41-34)24-14-17-28(18-15-24)43(26-8-3-1-4-9-26)27-10-5-2-6-11-27/h1-21H. The van der Waals surface area contributed by atoms with E-state index in [1.165, 1.54) is 0 Å². The molecule has 0 spiro atoms. The van der Waals surface area contributed by atoms with Crippen LogP contribution in [0.15, 0.2) is 127 Å². The molecule has 1 aliphatic rings. The second kappa shape index (κ2) is 9.66. The monoisotopic (exact) mass is 547 g/mol. The van der Waals surface area contributed by atoms with Crippen LogP contribution in [0.1, 0.15) is 11.1 Å². The van der Waals surface area contributed by atoms with Crippen molar-refractivity contribution >= 4 is 38.9 Å². The van der Waals surface area contributed by atoms with Crippen LogP contribution in [0.4, 0.5) is 17.1 Å². The van der Waals surface area contributed by atoms with Gasteiger partial charge < -0.3 is 4.90 Å². The molecule has 0 amide bonds. The Hall–Kier alpha value is -6.30. The van der Waals surface area contributed by atoms with Gasteiger partial charge in [0, 0.05) is 33.6 Å². The number of para-hydroxylation sites is 2. The van der Waals surface area contributed by atoms with E-state index in [4.69, 9.17) is 9.97 Å². The fourth-order valence-corrected chi connectivity index (χ4v) is 6.15. The van der Waals surface area contributed by atoms with Crippen LogP contribution < -0.4 is 4.90 Å². The summed E-state index contributed by atoms with van der Waals surface area (Å²) in [4.78, 5) is 12.1. The fourth-order valence-electron chi connectivity index (χ4n) is 6.15. The molecule has 6 aromatic carbocycles. The number of benzene rings is 6. The van der Waals surface area contributed by atoms with Gasteiger partial charge in [-0.05, 0) is 65.0 Å². The van der Waals surface area contributed by atoms with E-state index in [2.05, 4.69) is 114 Å². The molecular weight excluding hydrogens is 526 g/mol. The smallest absolute Gasteiger partial charge is 0.109 e. The summed E-state index contributed by atoms with van der Waals surface area (Å²) in [6.07, 6.45) is 0.